The van der Waals surface area contributed by atoms with E-state index in [9.17, 15) is 26.7 Å². The predicted octanol–water partition coefficient (Wildman–Crippen LogP) is 5.99. The van der Waals surface area contributed by atoms with Gasteiger partial charge in [-0.3, -0.25) is 4.79 Å². The molecule has 0 rings (SSSR count). The van der Waals surface area contributed by atoms with Crippen LogP contribution in [0.5, 0.6) is 0 Å². The van der Waals surface area contributed by atoms with Crippen molar-refractivity contribution in [3.05, 3.63) is 0 Å². The molecule has 0 aromatic rings. The van der Waals surface area contributed by atoms with Gasteiger partial charge in [0.05, 0.1) is 6.61 Å². The van der Waals surface area contributed by atoms with E-state index in [2.05, 4.69) is 0 Å². The first-order valence-electron chi connectivity index (χ1n) is 8.38. The first-order chi connectivity index (χ1) is 11.2. The smallest absolute Gasteiger partial charge is 0.453 e. The highest BCUT2D eigenvalue weighted by Gasteiger charge is 2.56. The zero-order chi connectivity index (χ0) is 18.6. The molecule has 2 nitrogen and oxygen atoms in total. The lowest BCUT2D eigenvalue weighted by Gasteiger charge is -2.19. The van der Waals surface area contributed by atoms with E-state index < -0.39 is 18.5 Å². The number of ether oxygens (including phenoxy) is 1. The second-order valence-corrected chi connectivity index (χ2v) is 6.99. The number of hydrogen-bond acceptors (Lipinski definition) is 3. The van der Waals surface area contributed by atoms with Crippen molar-refractivity contribution in [2.24, 2.45) is 0 Å². The fourth-order valence-corrected chi connectivity index (χ4v) is 3.15. The second-order valence-electron chi connectivity index (χ2n) is 5.68. The molecule has 0 spiro atoms. The van der Waals surface area contributed by atoms with Gasteiger partial charge in [0.25, 0.3) is 0 Å². The van der Waals surface area contributed by atoms with Crippen LogP contribution < -0.4 is 0 Å². The lowest BCUT2D eigenvalue weighted by Crippen LogP contribution is -2.36. The van der Waals surface area contributed by atoms with Crippen LogP contribution in [-0.2, 0) is 9.53 Å². The standard InChI is InChI=1S/C16H27F5O2S/c1-3-5-6-9-13(14(22)23-11-4-2)24-12-8-7-10-15(17,18)16(19,20)21/h13H,3-12H2,1-2H3. The van der Waals surface area contributed by atoms with E-state index in [1.165, 1.54) is 11.8 Å². The second kappa shape index (κ2) is 11.9. The van der Waals surface area contributed by atoms with Gasteiger partial charge < -0.3 is 4.74 Å². The predicted molar refractivity (Wildman–Crippen MR) is 86.5 cm³/mol. The summed E-state index contributed by atoms with van der Waals surface area (Å²) in [6, 6.07) is 0. The number of esters is 1. The Morgan fingerprint density at radius 3 is 2.21 bits per heavy atom. The van der Waals surface area contributed by atoms with Gasteiger partial charge in [-0.1, -0.05) is 33.1 Å². The van der Waals surface area contributed by atoms with Crippen LogP contribution in [0.3, 0.4) is 0 Å². The van der Waals surface area contributed by atoms with E-state index >= 15 is 0 Å². The molecule has 8 heteroatoms. The summed E-state index contributed by atoms with van der Waals surface area (Å²) in [6.07, 6.45) is -2.52. The molecule has 0 aliphatic carbocycles. The number of halogens is 5. The molecular formula is C16H27F5O2S. The Balaban J connectivity index is 4.19. The molecule has 0 amide bonds. The van der Waals surface area contributed by atoms with Crippen molar-refractivity contribution in [3.8, 4) is 0 Å². The highest BCUT2D eigenvalue weighted by Crippen LogP contribution is 2.39. The fraction of sp³-hybridized carbons (Fsp3) is 0.938. The number of hydrogen-bond donors (Lipinski definition) is 0. The maximum atomic E-state index is 12.8. The van der Waals surface area contributed by atoms with Crippen LogP contribution in [0.4, 0.5) is 22.0 Å². The number of thioether (sulfide) groups is 1. The molecule has 144 valence electrons. The minimum absolute atomic E-state index is 0.210. The molecule has 0 heterocycles. The van der Waals surface area contributed by atoms with Crippen molar-refractivity contribution < 1.29 is 31.5 Å². The van der Waals surface area contributed by atoms with Gasteiger partial charge in [-0.15, -0.1) is 11.8 Å². The summed E-state index contributed by atoms with van der Waals surface area (Å²) in [7, 11) is 0. The molecule has 0 aromatic carbocycles. The van der Waals surface area contributed by atoms with Crippen LogP contribution in [-0.4, -0.2) is 35.7 Å². The SMILES string of the molecule is CCCCCC(SCCCCC(F)(F)C(F)(F)F)C(=O)OCCC. The minimum atomic E-state index is -5.49. The first kappa shape index (κ1) is 23.5. The Kier molecular flexibility index (Phi) is 11.7. The summed E-state index contributed by atoms with van der Waals surface area (Å²) in [5, 5.41) is -0.369. The maximum Gasteiger partial charge on any atom is 0.453 e. The Morgan fingerprint density at radius 2 is 1.67 bits per heavy atom. The maximum absolute atomic E-state index is 12.8. The molecule has 1 atom stereocenters. The van der Waals surface area contributed by atoms with Crippen LogP contribution in [0.1, 0.15) is 65.2 Å². The molecule has 0 aromatic heterocycles. The third kappa shape index (κ3) is 9.69. The summed E-state index contributed by atoms with van der Waals surface area (Å²) in [4.78, 5) is 11.9. The van der Waals surface area contributed by atoms with E-state index in [-0.39, 0.29) is 24.1 Å². The summed E-state index contributed by atoms with van der Waals surface area (Å²) < 4.78 is 66.8. The van der Waals surface area contributed by atoms with Gasteiger partial charge in [-0.05, 0) is 31.4 Å². The molecule has 0 saturated carbocycles. The summed E-state index contributed by atoms with van der Waals surface area (Å²) in [5.74, 6) is -4.59. The average Bonchev–Trinajstić information content (AvgIpc) is 2.49. The quantitative estimate of drug-likeness (QED) is 0.224. The first-order valence-corrected chi connectivity index (χ1v) is 9.43. The number of rotatable bonds is 13. The Labute approximate surface area is 144 Å². The van der Waals surface area contributed by atoms with Gasteiger partial charge >= 0.3 is 18.1 Å². The lowest BCUT2D eigenvalue weighted by molar-refractivity contribution is -0.284. The van der Waals surface area contributed by atoms with Crippen LogP contribution in [0.25, 0.3) is 0 Å². The van der Waals surface area contributed by atoms with Crippen molar-refractivity contribution >= 4 is 17.7 Å². The highest BCUT2D eigenvalue weighted by atomic mass is 32.2. The van der Waals surface area contributed by atoms with Crippen LogP contribution in [0.15, 0.2) is 0 Å². The van der Waals surface area contributed by atoms with E-state index in [1.54, 1.807) is 0 Å². The Hall–Kier alpha value is -0.530. The average molecular weight is 378 g/mol. The molecule has 0 saturated heterocycles. The zero-order valence-electron chi connectivity index (χ0n) is 14.3. The van der Waals surface area contributed by atoms with Crippen molar-refractivity contribution in [1.29, 1.82) is 0 Å². The third-order valence-electron chi connectivity index (χ3n) is 3.40. The van der Waals surface area contributed by atoms with Gasteiger partial charge in [0.2, 0.25) is 0 Å². The van der Waals surface area contributed by atoms with Crippen LogP contribution in [0, 0.1) is 0 Å². The number of carbonyl (C=O) groups excluding carboxylic acids is 1. The van der Waals surface area contributed by atoms with E-state index in [1.807, 2.05) is 13.8 Å². The third-order valence-corrected chi connectivity index (χ3v) is 4.75. The normalized spacial score (nSPS) is 13.8. The zero-order valence-corrected chi connectivity index (χ0v) is 15.1. The van der Waals surface area contributed by atoms with Gasteiger partial charge in [-0.2, -0.15) is 22.0 Å². The van der Waals surface area contributed by atoms with Crippen molar-refractivity contribution in [2.75, 3.05) is 12.4 Å². The van der Waals surface area contributed by atoms with E-state index in [0.29, 0.717) is 25.2 Å². The fourth-order valence-electron chi connectivity index (χ4n) is 1.96. The molecule has 1 unspecified atom stereocenters. The van der Waals surface area contributed by atoms with Crippen molar-refractivity contribution in [3.63, 3.8) is 0 Å². The Morgan fingerprint density at radius 1 is 1.00 bits per heavy atom. The monoisotopic (exact) mass is 378 g/mol. The molecule has 0 bridgehead atoms. The molecule has 0 N–H and O–H groups in total. The number of alkyl halides is 5. The molecule has 24 heavy (non-hydrogen) atoms. The molecule has 0 fully saturated rings. The summed E-state index contributed by atoms with van der Waals surface area (Å²) in [5.41, 5.74) is 0. The number of unbranched alkanes of at least 4 members (excludes halogenated alkanes) is 3. The van der Waals surface area contributed by atoms with Crippen molar-refractivity contribution in [2.45, 2.75) is 82.6 Å². The van der Waals surface area contributed by atoms with Crippen molar-refractivity contribution in [1.82, 2.24) is 0 Å². The topological polar surface area (TPSA) is 26.3 Å². The van der Waals surface area contributed by atoms with Gasteiger partial charge in [0, 0.05) is 6.42 Å². The van der Waals surface area contributed by atoms with Gasteiger partial charge in [0.1, 0.15) is 5.25 Å². The van der Waals surface area contributed by atoms with Crippen LogP contribution in [0.2, 0.25) is 0 Å². The molecule has 0 aliphatic heterocycles. The lowest BCUT2D eigenvalue weighted by atomic mass is 10.1. The summed E-state index contributed by atoms with van der Waals surface area (Å²) in [6.45, 7) is 4.26. The summed E-state index contributed by atoms with van der Waals surface area (Å²) >= 11 is 1.29. The van der Waals surface area contributed by atoms with Gasteiger partial charge in [-0.25, -0.2) is 0 Å². The van der Waals surface area contributed by atoms with Gasteiger partial charge in [0.15, 0.2) is 0 Å². The molecular weight excluding hydrogens is 351 g/mol. The molecule has 0 aliphatic rings. The highest BCUT2D eigenvalue weighted by molar-refractivity contribution is 8.00. The largest absolute Gasteiger partial charge is 0.465 e. The van der Waals surface area contributed by atoms with E-state index in [4.69, 9.17) is 4.74 Å². The van der Waals surface area contributed by atoms with Crippen LogP contribution >= 0.6 is 11.8 Å². The van der Waals surface area contributed by atoms with E-state index in [0.717, 1.165) is 19.3 Å². The molecule has 0 radical (unpaired) electrons. The minimum Gasteiger partial charge on any atom is -0.465 e. The Bertz CT molecular complexity index is 348. The number of carbonyl (C=O) groups is 1.